The van der Waals surface area contributed by atoms with E-state index in [1.54, 1.807) is 33.5 Å². The average molecular weight is 374 g/mol. The highest BCUT2D eigenvalue weighted by Crippen LogP contribution is 2.45. The molecule has 27 heavy (non-hydrogen) atoms. The van der Waals surface area contributed by atoms with Gasteiger partial charge in [0, 0.05) is 25.2 Å². The van der Waals surface area contributed by atoms with E-state index in [-0.39, 0.29) is 11.9 Å². The third-order valence-corrected chi connectivity index (χ3v) is 4.93. The Morgan fingerprint density at radius 3 is 2.48 bits per heavy atom. The minimum atomic E-state index is -0.245. The highest BCUT2D eigenvalue weighted by atomic mass is 19.1. The molecule has 5 nitrogen and oxygen atoms in total. The van der Waals surface area contributed by atoms with Crippen molar-refractivity contribution in [3.8, 4) is 17.2 Å². The van der Waals surface area contributed by atoms with Gasteiger partial charge in [-0.05, 0) is 42.8 Å². The first-order valence-corrected chi connectivity index (χ1v) is 9.18. The van der Waals surface area contributed by atoms with Crippen LogP contribution < -0.4 is 19.5 Å². The molecule has 1 unspecified atom stereocenters. The third-order valence-electron chi connectivity index (χ3n) is 4.93. The number of methoxy groups -OCH3 is 3. The minimum absolute atomic E-state index is 0.143. The molecule has 0 saturated carbocycles. The van der Waals surface area contributed by atoms with Crippen LogP contribution in [0.4, 0.5) is 4.39 Å². The van der Waals surface area contributed by atoms with E-state index in [9.17, 15) is 4.39 Å². The second-order valence-electron chi connectivity index (χ2n) is 6.52. The molecule has 1 saturated heterocycles. The largest absolute Gasteiger partial charge is 0.493 e. The van der Waals surface area contributed by atoms with Gasteiger partial charge in [-0.15, -0.1) is 0 Å². The monoisotopic (exact) mass is 374 g/mol. The highest BCUT2D eigenvalue weighted by Gasteiger charge is 2.29. The van der Waals surface area contributed by atoms with Gasteiger partial charge in [0.05, 0.1) is 27.4 Å². The fourth-order valence-corrected chi connectivity index (χ4v) is 3.73. The fourth-order valence-electron chi connectivity index (χ4n) is 3.73. The molecule has 0 bridgehead atoms. The summed E-state index contributed by atoms with van der Waals surface area (Å²) in [5.74, 6) is 1.52. The number of rotatable bonds is 6. The van der Waals surface area contributed by atoms with Gasteiger partial charge in [-0.1, -0.05) is 12.1 Å². The van der Waals surface area contributed by atoms with Gasteiger partial charge in [0.25, 0.3) is 0 Å². The number of hydrogen-bond donors (Lipinski definition) is 1. The Balaban J connectivity index is 2.15. The van der Waals surface area contributed by atoms with Gasteiger partial charge in [-0.3, -0.25) is 4.90 Å². The van der Waals surface area contributed by atoms with Crippen LogP contribution in [0, 0.1) is 5.82 Å². The van der Waals surface area contributed by atoms with Crippen molar-refractivity contribution < 1.29 is 18.6 Å². The Hall–Kier alpha value is -2.31. The summed E-state index contributed by atoms with van der Waals surface area (Å²) in [4.78, 5) is 2.36. The molecular weight excluding hydrogens is 347 g/mol. The lowest BCUT2D eigenvalue weighted by Crippen LogP contribution is -2.33. The van der Waals surface area contributed by atoms with Gasteiger partial charge in [0.2, 0.25) is 5.75 Å². The lowest BCUT2D eigenvalue weighted by molar-refractivity contribution is 0.233. The molecule has 1 aliphatic heterocycles. The number of ether oxygens (including phenoxy) is 3. The van der Waals surface area contributed by atoms with E-state index >= 15 is 0 Å². The van der Waals surface area contributed by atoms with Crippen molar-refractivity contribution in [2.45, 2.75) is 12.5 Å². The van der Waals surface area contributed by atoms with Crippen LogP contribution in [-0.2, 0) is 0 Å². The van der Waals surface area contributed by atoms with Crippen LogP contribution in [0.2, 0.25) is 0 Å². The maximum atomic E-state index is 14.0. The molecule has 2 aromatic rings. The summed E-state index contributed by atoms with van der Waals surface area (Å²) in [5.41, 5.74) is 1.82. The number of nitrogens with one attached hydrogen (secondary N) is 1. The van der Waals surface area contributed by atoms with Gasteiger partial charge < -0.3 is 19.5 Å². The summed E-state index contributed by atoms with van der Waals surface area (Å²) in [5, 5.41) is 3.42. The lowest BCUT2D eigenvalue weighted by Gasteiger charge is -2.32. The predicted octanol–water partition coefficient (Wildman–Crippen LogP) is 3.24. The Morgan fingerprint density at radius 2 is 1.78 bits per heavy atom. The fraction of sp³-hybridized carbons (Fsp3) is 0.429. The first-order chi connectivity index (χ1) is 13.2. The molecule has 0 spiro atoms. The van der Waals surface area contributed by atoms with E-state index in [1.807, 2.05) is 18.2 Å². The molecule has 0 amide bonds. The molecule has 6 heteroatoms. The van der Waals surface area contributed by atoms with Crippen LogP contribution >= 0.6 is 0 Å². The van der Waals surface area contributed by atoms with Crippen molar-refractivity contribution in [1.82, 2.24) is 10.2 Å². The van der Waals surface area contributed by atoms with Gasteiger partial charge >= 0.3 is 0 Å². The molecule has 1 fully saturated rings. The van der Waals surface area contributed by atoms with Crippen LogP contribution in [0.3, 0.4) is 0 Å². The predicted molar refractivity (Wildman–Crippen MR) is 103 cm³/mol. The van der Waals surface area contributed by atoms with E-state index in [2.05, 4.69) is 10.2 Å². The van der Waals surface area contributed by atoms with Crippen molar-refractivity contribution in [3.63, 3.8) is 0 Å². The van der Waals surface area contributed by atoms with E-state index in [4.69, 9.17) is 14.2 Å². The quantitative estimate of drug-likeness (QED) is 0.841. The zero-order chi connectivity index (χ0) is 19.2. The summed E-state index contributed by atoms with van der Waals surface area (Å²) >= 11 is 0. The molecule has 0 aromatic heterocycles. The van der Waals surface area contributed by atoms with Crippen LogP contribution in [0.15, 0.2) is 36.4 Å². The lowest BCUT2D eigenvalue weighted by atomic mass is 9.95. The molecule has 1 heterocycles. The Bertz CT molecular complexity index is 761. The molecule has 146 valence electrons. The first kappa shape index (κ1) is 19.5. The van der Waals surface area contributed by atoms with Crippen LogP contribution in [0.1, 0.15) is 23.6 Å². The van der Waals surface area contributed by atoms with Crippen molar-refractivity contribution in [2.24, 2.45) is 0 Å². The smallest absolute Gasteiger partial charge is 0.203 e. The van der Waals surface area contributed by atoms with Crippen LogP contribution in [0.25, 0.3) is 0 Å². The summed E-state index contributed by atoms with van der Waals surface area (Å²) < 4.78 is 30.7. The van der Waals surface area contributed by atoms with E-state index in [0.717, 1.165) is 43.7 Å². The first-order valence-electron chi connectivity index (χ1n) is 9.18. The normalized spacial score (nSPS) is 16.4. The number of halogens is 1. The molecule has 3 rings (SSSR count). The molecule has 2 aromatic carbocycles. The van der Waals surface area contributed by atoms with Gasteiger partial charge in [0.15, 0.2) is 11.5 Å². The van der Waals surface area contributed by atoms with Crippen molar-refractivity contribution in [3.05, 3.63) is 53.3 Å². The SMILES string of the molecule is COc1ccc(C(c2cccc(F)c2)N2CCCNCC2)c(OC)c1OC. The average Bonchev–Trinajstić information content (AvgIpc) is 2.97. The molecule has 0 radical (unpaired) electrons. The summed E-state index contributed by atoms with van der Waals surface area (Å²) in [6.45, 7) is 3.64. The molecule has 1 atom stereocenters. The molecular formula is C21H27FN2O3. The second-order valence-corrected chi connectivity index (χ2v) is 6.52. The Kier molecular flexibility index (Phi) is 6.53. The van der Waals surface area contributed by atoms with Crippen molar-refractivity contribution in [1.29, 1.82) is 0 Å². The van der Waals surface area contributed by atoms with E-state index < -0.39 is 0 Å². The van der Waals surface area contributed by atoms with E-state index in [0.29, 0.717) is 17.2 Å². The van der Waals surface area contributed by atoms with Crippen molar-refractivity contribution in [2.75, 3.05) is 47.5 Å². The summed E-state index contributed by atoms with van der Waals surface area (Å²) in [6.07, 6.45) is 1.03. The minimum Gasteiger partial charge on any atom is -0.493 e. The third kappa shape index (κ3) is 4.17. The Labute approximate surface area is 160 Å². The van der Waals surface area contributed by atoms with Crippen molar-refractivity contribution >= 4 is 0 Å². The zero-order valence-corrected chi connectivity index (χ0v) is 16.1. The van der Waals surface area contributed by atoms with E-state index in [1.165, 1.54) is 6.07 Å². The maximum absolute atomic E-state index is 14.0. The molecule has 0 aliphatic carbocycles. The second kappa shape index (κ2) is 9.06. The summed E-state index contributed by atoms with van der Waals surface area (Å²) in [6, 6.07) is 10.5. The maximum Gasteiger partial charge on any atom is 0.203 e. The molecule has 1 N–H and O–H groups in total. The van der Waals surface area contributed by atoms with Crippen LogP contribution in [0.5, 0.6) is 17.2 Å². The number of hydrogen-bond acceptors (Lipinski definition) is 5. The summed E-state index contributed by atoms with van der Waals surface area (Å²) in [7, 11) is 4.81. The van der Waals surface area contributed by atoms with Gasteiger partial charge in [-0.2, -0.15) is 0 Å². The number of benzene rings is 2. The van der Waals surface area contributed by atoms with Gasteiger partial charge in [-0.25, -0.2) is 4.39 Å². The molecule has 1 aliphatic rings. The van der Waals surface area contributed by atoms with Gasteiger partial charge in [0.1, 0.15) is 5.82 Å². The topological polar surface area (TPSA) is 43.0 Å². The van der Waals surface area contributed by atoms with Crippen LogP contribution in [-0.4, -0.2) is 52.4 Å². The number of nitrogens with zero attached hydrogens (tertiary/aromatic N) is 1. The Morgan fingerprint density at radius 1 is 0.963 bits per heavy atom. The zero-order valence-electron chi connectivity index (χ0n) is 16.1. The highest BCUT2D eigenvalue weighted by molar-refractivity contribution is 5.58. The standard InChI is InChI=1S/C21H27FN2O3/c1-25-18-9-8-17(20(26-2)21(18)27-3)19(15-6-4-7-16(22)14-15)24-12-5-10-23-11-13-24/h4,6-9,14,19,23H,5,10-13H2,1-3H3.